The topological polar surface area (TPSA) is 38.3 Å². The number of nitrogens with one attached hydrogen (secondary N) is 1. The Morgan fingerprint density at radius 1 is 1.50 bits per heavy atom. The number of hydrogen-bond acceptors (Lipinski definition) is 3. The van der Waals surface area contributed by atoms with Crippen LogP contribution >= 0.6 is 12.4 Å². The van der Waals surface area contributed by atoms with Crippen LogP contribution in [0.1, 0.15) is 26.7 Å². The predicted octanol–water partition coefficient (Wildman–Crippen LogP) is 1.11. The van der Waals surface area contributed by atoms with Crippen LogP contribution in [0.2, 0.25) is 0 Å². The molecule has 1 saturated carbocycles. The zero-order valence-corrected chi connectivity index (χ0v) is 8.37. The van der Waals surface area contributed by atoms with Gasteiger partial charge < -0.3 is 10.1 Å². The summed E-state index contributed by atoms with van der Waals surface area (Å²) in [6.45, 7) is 5.14. The van der Waals surface area contributed by atoms with Crippen molar-refractivity contribution in [3.63, 3.8) is 0 Å². The van der Waals surface area contributed by atoms with Crippen LogP contribution in [0.3, 0.4) is 0 Å². The van der Waals surface area contributed by atoms with Gasteiger partial charge in [0.1, 0.15) is 5.54 Å². The summed E-state index contributed by atoms with van der Waals surface area (Å²) in [4.78, 5) is 11.2. The molecule has 1 rings (SSSR count). The number of halogens is 1. The molecule has 1 aliphatic carbocycles. The number of rotatable bonds is 4. The van der Waals surface area contributed by atoms with Gasteiger partial charge >= 0.3 is 5.97 Å². The van der Waals surface area contributed by atoms with Gasteiger partial charge in [0.25, 0.3) is 0 Å². The second-order valence-corrected chi connectivity index (χ2v) is 2.83. The van der Waals surface area contributed by atoms with E-state index in [4.69, 9.17) is 4.74 Å². The summed E-state index contributed by atoms with van der Waals surface area (Å²) in [5.41, 5.74) is -0.301. The number of likely N-dealkylation sites (N-methyl/N-ethyl adjacent to an activating group) is 1. The molecule has 12 heavy (non-hydrogen) atoms. The van der Waals surface area contributed by atoms with Gasteiger partial charge in [0.2, 0.25) is 0 Å². The van der Waals surface area contributed by atoms with E-state index >= 15 is 0 Å². The third-order valence-corrected chi connectivity index (χ3v) is 1.93. The molecule has 0 amide bonds. The van der Waals surface area contributed by atoms with Crippen LogP contribution in [-0.4, -0.2) is 24.7 Å². The Morgan fingerprint density at radius 3 is 2.42 bits per heavy atom. The molecule has 1 N–H and O–H groups in total. The third kappa shape index (κ3) is 2.35. The van der Waals surface area contributed by atoms with Crippen LogP contribution in [0.15, 0.2) is 0 Å². The van der Waals surface area contributed by atoms with E-state index in [2.05, 4.69) is 5.32 Å². The van der Waals surface area contributed by atoms with Gasteiger partial charge in [0.05, 0.1) is 6.61 Å². The minimum atomic E-state index is -0.301. The maximum absolute atomic E-state index is 11.2. The number of esters is 1. The highest BCUT2D eigenvalue weighted by molar-refractivity contribution is 5.85. The van der Waals surface area contributed by atoms with Crippen molar-refractivity contribution in [3.05, 3.63) is 0 Å². The normalized spacial score (nSPS) is 17.8. The molecule has 0 heterocycles. The summed E-state index contributed by atoms with van der Waals surface area (Å²) >= 11 is 0. The number of ether oxygens (including phenoxy) is 1. The van der Waals surface area contributed by atoms with Gasteiger partial charge in [0.15, 0.2) is 0 Å². The second kappa shape index (κ2) is 4.67. The molecule has 4 heteroatoms. The van der Waals surface area contributed by atoms with Crippen LogP contribution < -0.4 is 5.32 Å². The molecule has 1 aliphatic rings. The fraction of sp³-hybridized carbons (Fsp3) is 0.875. The van der Waals surface area contributed by atoms with Crippen molar-refractivity contribution in [2.24, 2.45) is 0 Å². The summed E-state index contributed by atoms with van der Waals surface area (Å²) < 4.78 is 4.92. The molecule has 1 fully saturated rings. The Balaban J connectivity index is 0.00000121. The quantitative estimate of drug-likeness (QED) is 0.680. The van der Waals surface area contributed by atoms with E-state index in [-0.39, 0.29) is 23.9 Å². The molecular weight excluding hydrogens is 178 g/mol. The van der Waals surface area contributed by atoms with Gasteiger partial charge in [-0.1, -0.05) is 6.92 Å². The average Bonchev–Trinajstić information content (AvgIpc) is 2.71. The van der Waals surface area contributed by atoms with Gasteiger partial charge in [0, 0.05) is 0 Å². The minimum absolute atomic E-state index is 0. The third-order valence-electron chi connectivity index (χ3n) is 1.93. The largest absolute Gasteiger partial charge is 0.465 e. The maximum atomic E-state index is 11.2. The predicted molar refractivity (Wildman–Crippen MR) is 49.5 cm³/mol. The van der Waals surface area contributed by atoms with E-state index in [1.165, 1.54) is 0 Å². The average molecular weight is 194 g/mol. The fourth-order valence-electron chi connectivity index (χ4n) is 1.19. The molecule has 0 spiro atoms. The summed E-state index contributed by atoms with van der Waals surface area (Å²) in [5.74, 6) is -0.0816. The van der Waals surface area contributed by atoms with Crippen molar-refractivity contribution < 1.29 is 9.53 Å². The molecule has 0 aromatic rings. The van der Waals surface area contributed by atoms with Crippen LogP contribution in [0.5, 0.6) is 0 Å². The van der Waals surface area contributed by atoms with Gasteiger partial charge in [-0.25, -0.2) is 0 Å². The Labute approximate surface area is 79.3 Å². The summed E-state index contributed by atoms with van der Waals surface area (Å²) in [6.07, 6.45) is 1.86. The Bertz CT molecular complexity index is 157. The van der Waals surface area contributed by atoms with Gasteiger partial charge in [-0.2, -0.15) is 0 Å². The van der Waals surface area contributed by atoms with Crippen LogP contribution in [0, 0.1) is 0 Å². The zero-order chi connectivity index (χ0) is 8.32. The lowest BCUT2D eigenvalue weighted by molar-refractivity contribution is -0.146. The highest BCUT2D eigenvalue weighted by Crippen LogP contribution is 2.36. The van der Waals surface area contributed by atoms with Crippen LogP contribution in [0.4, 0.5) is 0 Å². The standard InChI is InChI=1S/C8H15NO2.ClH/c1-3-9-8(5-6-8)7(10)11-4-2;/h9H,3-6H2,1-2H3;1H. The fourth-order valence-corrected chi connectivity index (χ4v) is 1.19. The molecule has 72 valence electrons. The first-order chi connectivity index (χ1) is 5.25. The smallest absolute Gasteiger partial charge is 0.326 e. The van der Waals surface area contributed by atoms with Crippen molar-refractivity contribution in [2.45, 2.75) is 32.2 Å². The van der Waals surface area contributed by atoms with E-state index in [0.29, 0.717) is 6.61 Å². The minimum Gasteiger partial charge on any atom is -0.465 e. The van der Waals surface area contributed by atoms with Crippen molar-refractivity contribution in [3.8, 4) is 0 Å². The van der Waals surface area contributed by atoms with Crippen molar-refractivity contribution in [2.75, 3.05) is 13.2 Å². The molecule has 0 atom stereocenters. The second-order valence-electron chi connectivity index (χ2n) is 2.83. The SMILES string of the molecule is CCNC1(C(=O)OCC)CC1.Cl. The Morgan fingerprint density at radius 2 is 2.08 bits per heavy atom. The zero-order valence-electron chi connectivity index (χ0n) is 7.55. The Hall–Kier alpha value is -0.280. The van der Waals surface area contributed by atoms with Crippen LogP contribution in [-0.2, 0) is 9.53 Å². The highest BCUT2D eigenvalue weighted by Gasteiger charge is 2.50. The summed E-state index contributed by atoms with van der Waals surface area (Å²) in [6, 6.07) is 0. The van der Waals surface area contributed by atoms with Crippen molar-refractivity contribution in [1.82, 2.24) is 5.32 Å². The van der Waals surface area contributed by atoms with E-state index in [1.54, 1.807) is 0 Å². The molecule has 0 saturated heterocycles. The molecular formula is C8H16ClNO2. The lowest BCUT2D eigenvalue weighted by Gasteiger charge is -2.13. The number of hydrogen-bond donors (Lipinski definition) is 1. The molecule has 0 aliphatic heterocycles. The van der Waals surface area contributed by atoms with E-state index in [0.717, 1.165) is 19.4 Å². The highest BCUT2D eigenvalue weighted by atomic mass is 35.5. The first-order valence-electron chi connectivity index (χ1n) is 4.17. The molecule has 0 bridgehead atoms. The van der Waals surface area contributed by atoms with Crippen molar-refractivity contribution >= 4 is 18.4 Å². The van der Waals surface area contributed by atoms with E-state index < -0.39 is 0 Å². The maximum Gasteiger partial charge on any atom is 0.326 e. The first kappa shape index (κ1) is 11.7. The molecule has 3 nitrogen and oxygen atoms in total. The molecule has 0 radical (unpaired) electrons. The van der Waals surface area contributed by atoms with E-state index in [1.807, 2.05) is 13.8 Å². The van der Waals surface area contributed by atoms with Crippen molar-refractivity contribution in [1.29, 1.82) is 0 Å². The van der Waals surface area contributed by atoms with E-state index in [9.17, 15) is 4.79 Å². The number of carbonyl (C=O) groups excluding carboxylic acids is 1. The first-order valence-corrected chi connectivity index (χ1v) is 4.17. The number of carbonyl (C=O) groups is 1. The van der Waals surface area contributed by atoms with Crippen LogP contribution in [0.25, 0.3) is 0 Å². The Kier molecular flexibility index (Phi) is 4.57. The molecule has 0 unspecified atom stereocenters. The van der Waals surface area contributed by atoms with Gasteiger partial charge in [-0.15, -0.1) is 12.4 Å². The summed E-state index contributed by atoms with van der Waals surface area (Å²) in [7, 11) is 0. The monoisotopic (exact) mass is 193 g/mol. The summed E-state index contributed by atoms with van der Waals surface area (Å²) in [5, 5.41) is 3.14. The molecule has 0 aromatic carbocycles. The van der Waals surface area contributed by atoms with Gasteiger partial charge in [-0.05, 0) is 26.3 Å². The lowest BCUT2D eigenvalue weighted by atomic mass is 10.3. The lowest BCUT2D eigenvalue weighted by Crippen LogP contribution is -2.40. The van der Waals surface area contributed by atoms with Gasteiger partial charge in [-0.3, -0.25) is 4.79 Å². The molecule has 0 aromatic heterocycles.